The third-order valence-electron chi connectivity index (χ3n) is 2.45. The molecule has 0 aliphatic carbocycles. The summed E-state index contributed by atoms with van der Waals surface area (Å²) in [6, 6.07) is 0. The normalized spacial score (nSPS) is 21.2. The van der Waals surface area contributed by atoms with Crippen molar-refractivity contribution in [1.29, 1.82) is 0 Å². The zero-order chi connectivity index (χ0) is 11.6. The van der Waals surface area contributed by atoms with Gasteiger partial charge in [0.2, 0.25) is 0 Å². The van der Waals surface area contributed by atoms with Crippen molar-refractivity contribution in [3.8, 4) is 0 Å². The summed E-state index contributed by atoms with van der Waals surface area (Å²) in [4.78, 5) is 11.0. The monoisotopic (exact) mass is 243 g/mol. The molecule has 1 heterocycles. The lowest BCUT2D eigenvalue weighted by atomic mass is 10.2. The number of rotatable bonds is 6. The van der Waals surface area contributed by atoms with Crippen LogP contribution in [0, 0.1) is 0 Å². The van der Waals surface area contributed by atoms with Gasteiger partial charge in [-0.15, -0.1) is 0 Å². The molecule has 1 fully saturated rings. The van der Waals surface area contributed by atoms with Crippen LogP contribution < -0.4 is 5.32 Å². The van der Waals surface area contributed by atoms with E-state index >= 15 is 0 Å². The molecule has 1 unspecified atom stereocenters. The number of carbonyl (C=O) groups excluding carboxylic acids is 1. The number of hydrogen-bond acceptors (Lipinski definition) is 4. The first-order valence-corrected chi connectivity index (χ1v) is 7.03. The highest BCUT2D eigenvalue weighted by molar-refractivity contribution is 7.99. The Balaban J connectivity index is 2.00. The van der Waals surface area contributed by atoms with Gasteiger partial charge in [-0.25, -0.2) is 4.79 Å². The highest BCUT2D eigenvalue weighted by atomic mass is 32.2. The molecule has 1 rings (SSSR count). The Morgan fingerprint density at radius 3 is 3.12 bits per heavy atom. The highest BCUT2D eigenvalue weighted by Crippen LogP contribution is 2.23. The summed E-state index contributed by atoms with van der Waals surface area (Å²) in [6.45, 7) is 4.04. The Kier molecular flexibility index (Phi) is 7.34. The summed E-state index contributed by atoms with van der Waals surface area (Å²) in [5.74, 6) is 1.04. The lowest BCUT2D eigenvalue weighted by molar-refractivity contribution is -0.137. The number of thioether (sulfide) groups is 1. The van der Waals surface area contributed by atoms with Gasteiger partial charge >= 0.3 is 5.97 Å². The minimum Gasteiger partial charge on any atom is -0.463 e. The number of esters is 1. The van der Waals surface area contributed by atoms with Crippen LogP contribution in [0.15, 0.2) is 12.2 Å². The van der Waals surface area contributed by atoms with Gasteiger partial charge in [0.1, 0.15) is 0 Å². The lowest BCUT2D eigenvalue weighted by Gasteiger charge is -2.21. The van der Waals surface area contributed by atoms with E-state index in [1.165, 1.54) is 31.1 Å². The second kappa shape index (κ2) is 8.65. The van der Waals surface area contributed by atoms with E-state index in [1.54, 1.807) is 0 Å². The number of hydrogen-bond donors (Lipinski definition) is 1. The van der Waals surface area contributed by atoms with Gasteiger partial charge in [0.25, 0.3) is 0 Å². The minimum atomic E-state index is -0.253. The Labute approximate surface area is 102 Å². The van der Waals surface area contributed by atoms with Crippen LogP contribution in [-0.2, 0) is 9.53 Å². The van der Waals surface area contributed by atoms with Gasteiger partial charge < -0.3 is 10.1 Å². The van der Waals surface area contributed by atoms with E-state index in [1.807, 2.05) is 13.0 Å². The van der Waals surface area contributed by atoms with Gasteiger partial charge in [0, 0.05) is 24.4 Å². The van der Waals surface area contributed by atoms with E-state index in [0.717, 1.165) is 18.3 Å². The summed E-state index contributed by atoms with van der Waals surface area (Å²) in [7, 11) is 0. The summed E-state index contributed by atoms with van der Waals surface area (Å²) >= 11 is 2.06. The van der Waals surface area contributed by atoms with E-state index in [0.29, 0.717) is 6.61 Å². The molecule has 0 radical (unpaired) electrons. The number of carbonyl (C=O) groups is 1. The summed E-state index contributed by atoms with van der Waals surface area (Å²) in [6.07, 6.45) is 7.36. The van der Waals surface area contributed by atoms with Gasteiger partial charge in [0.15, 0.2) is 0 Å². The van der Waals surface area contributed by atoms with Crippen LogP contribution in [0.25, 0.3) is 0 Å². The maximum Gasteiger partial charge on any atom is 0.330 e. The molecule has 1 N–H and O–H groups in total. The van der Waals surface area contributed by atoms with Gasteiger partial charge in [-0.3, -0.25) is 0 Å². The maximum absolute atomic E-state index is 11.0. The quantitative estimate of drug-likeness (QED) is 0.440. The molecule has 1 saturated heterocycles. The van der Waals surface area contributed by atoms with E-state index in [-0.39, 0.29) is 5.97 Å². The predicted molar refractivity (Wildman–Crippen MR) is 68.7 cm³/mol. The van der Waals surface area contributed by atoms with Crippen molar-refractivity contribution in [2.75, 3.05) is 25.4 Å². The molecule has 1 aliphatic heterocycles. The first-order chi connectivity index (χ1) is 7.83. The van der Waals surface area contributed by atoms with Crippen LogP contribution in [0.5, 0.6) is 0 Å². The molecule has 0 bridgehead atoms. The topological polar surface area (TPSA) is 38.3 Å². The highest BCUT2D eigenvalue weighted by Gasteiger charge is 2.12. The van der Waals surface area contributed by atoms with Crippen LogP contribution in [-0.4, -0.2) is 36.7 Å². The van der Waals surface area contributed by atoms with Crippen molar-refractivity contribution in [2.45, 2.75) is 31.4 Å². The Morgan fingerprint density at radius 1 is 1.56 bits per heavy atom. The molecule has 16 heavy (non-hydrogen) atoms. The summed E-state index contributed by atoms with van der Waals surface area (Å²) < 4.78 is 4.78. The second-order valence-corrected chi connectivity index (χ2v) is 5.21. The van der Waals surface area contributed by atoms with E-state index < -0.39 is 0 Å². The second-order valence-electron chi connectivity index (χ2n) is 3.80. The van der Waals surface area contributed by atoms with Gasteiger partial charge in [-0.05, 0) is 25.5 Å². The first-order valence-electron chi connectivity index (χ1n) is 5.98. The lowest BCUT2D eigenvalue weighted by Crippen LogP contribution is -2.26. The largest absolute Gasteiger partial charge is 0.463 e. The molecule has 4 heteroatoms. The van der Waals surface area contributed by atoms with E-state index in [9.17, 15) is 4.79 Å². The van der Waals surface area contributed by atoms with Crippen molar-refractivity contribution in [2.24, 2.45) is 0 Å². The SMILES string of the molecule is CCOC(=O)/C=C/CNCC1CCCCS1. The fourth-order valence-electron chi connectivity index (χ4n) is 1.64. The number of nitrogens with one attached hydrogen (secondary N) is 1. The first kappa shape index (κ1) is 13.6. The molecular weight excluding hydrogens is 222 g/mol. The average Bonchev–Trinajstić information content (AvgIpc) is 2.30. The van der Waals surface area contributed by atoms with Gasteiger partial charge in [0.05, 0.1) is 6.61 Å². The Morgan fingerprint density at radius 2 is 2.44 bits per heavy atom. The summed E-state index contributed by atoms with van der Waals surface area (Å²) in [5, 5.41) is 4.09. The summed E-state index contributed by atoms with van der Waals surface area (Å²) in [5.41, 5.74) is 0. The molecule has 0 amide bonds. The predicted octanol–water partition coefficient (Wildman–Crippen LogP) is 1.98. The third kappa shape index (κ3) is 6.18. The zero-order valence-corrected chi connectivity index (χ0v) is 10.7. The fraction of sp³-hybridized carbons (Fsp3) is 0.750. The fourth-order valence-corrected chi connectivity index (χ4v) is 2.91. The molecule has 0 aromatic carbocycles. The molecule has 1 aliphatic rings. The van der Waals surface area contributed by atoms with Crippen LogP contribution >= 0.6 is 11.8 Å². The van der Waals surface area contributed by atoms with Crippen molar-refractivity contribution in [3.63, 3.8) is 0 Å². The maximum atomic E-state index is 11.0. The average molecular weight is 243 g/mol. The molecule has 92 valence electrons. The van der Waals surface area contributed by atoms with Crippen molar-refractivity contribution < 1.29 is 9.53 Å². The van der Waals surface area contributed by atoms with Crippen LogP contribution in [0.2, 0.25) is 0 Å². The van der Waals surface area contributed by atoms with Crippen molar-refractivity contribution in [3.05, 3.63) is 12.2 Å². The van der Waals surface area contributed by atoms with Gasteiger partial charge in [-0.1, -0.05) is 12.5 Å². The van der Waals surface area contributed by atoms with Crippen LogP contribution in [0.4, 0.5) is 0 Å². The van der Waals surface area contributed by atoms with Crippen molar-refractivity contribution in [1.82, 2.24) is 5.32 Å². The van der Waals surface area contributed by atoms with Crippen LogP contribution in [0.1, 0.15) is 26.2 Å². The Bertz CT molecular complexity index is 225. The molecule has 0 spiro atoms. The zero-order valence-electron chi connectivity index (χ0n) is 9.91. The van der Waals surface area contributed by atoms with Crippen LogP contribution in [0.3, 0.4) is 0 Å². The van der Waals surface area contributed by atoms with E-state index in [4.69, 9.17) is 4.74 Å². The molecule has 0 aromatic rings. The Hall–Kier alpha value is -0.480. The molecular formula is C12H21NO2S. The minimum absolute atomic E-state index is 0.253. The molecule has 0 aromatic heterocycles. The molecule has 3 nitrogen and oxygen atoms in total. The molecule has 0 saturated carbocycles. The number of ether oxygens (including phenoxy) is 1. The smallest absolute Gasteiger partial charge is 0.330 e. The van der Waals surface area contributed by atoms with Gasteiger partial charge in [-0.2, -0.15) is 11.8 Å². The molecule has 1 atom stereocenters. The standard InChI is InChI=1S/C12H21NO2S/c1-2-15-12(14)7-5-8-13-10-11-6-3-4-9-16-11/h5,7,11,13H,2-4,6,8-10H2,1H3/b7-5+. The third-order valence-corrected chi connectivity index (χ3v) is 3.85. The van der Waals surface area contributed by atoms with E-state index in [2.05, 4.69) is 17.1 Å². The van der Waals surface area contributed by atoms with Crippen molar-refractivity contribution >= 4 is 17.7 Å².